The molecular weight excluding hydrogens is 334 g/mol. The van der Waals surface area contributed by atoms with Crippen molar-refractivity contribution in [1.82, 2.24) is 14.8 Å². The van der Waals surface area contributed by atoms with E-state index in [0.29, 0.717) is 5.41 Å². The molecule has 3 heterocycles. The monoisotopic (exact) mass is 367 g/mol. The lowest BCUT2D eigenvalue weighted by atomic mass is 9.71. The van der Waals surface area contributed by atoms with Gasteiger partial charge in [0.15, 0.2) is 0 Å². The van der Waals surface area contributed by atoms with E-state index in [2.05, 4.69) is 52.3 Å². The van der Waals surface area contributed by atoms with E-state index in [4.69, 9.17) is 4.74 Å². The van der Waals surface area contributed by atoms with Crippen molar-refractivity contribution in [3.8, 4) is 0 Å². The van der Waals surface area contributed by atoms with Gasteiger partial charge < -0.3 is 14.6 Å². The highest BCUT2D eigenvalue weighted by molar-refractivity contribution is 5.82. The summed E-state index contributed by atoms with van der Waals surface area (Å²) >= 11 is 0. The molecule has 0 bridgehead atoms. The molecule has 1 aromatic heterocycles. The topological polar surface area (TPSA) is 31.5 Å². The molecule has 2 aliphatic heterocycles. The third-order valence-corrected chi connectivity index (χ3v) is 7.28. The molecule has 1 atom stereocenters. The summed E-state index contributed by atoms with van der Waals surface area (Å²) in [6.45, 7) is 7.96. The Kier molecular flexibility index (Phi) is 4.75. The summed E-state index contributed by atoms with van der Waals surface area (Å²) in [6.07, 6.45) is 7.47. The van der Waals surface area contributed by atoms with Gasteiger partial charge in [0.25, 0.3) is 0 Å². The predicted molar refractivity (Wildman–Crippen MR) is 110 cm³/mol. The minimum atomic E-state index is 0.481. The molecule has 1 spiro atoms. The molecule has 146 valence electrons. The number of ether oxygens (including phenoxy) is 1. The van der Waals surface area contributed by atoms with Crippen LogP contribution < -0.4 is 0 Å². The zero-order chi connectivity index (χ0) is 18.3. The number of hydrogen-bond acceptors (Lipinski definition) is 3. The largest absolute Gasteiger partial charge is 0.381 e. The number of H-pyrrole nitrogens is 1. The Bertz CT molecular complexity index is 773. The number of aromatic nitrogens is 1. The number of piperidine rings is 1. The molecule has 0 amide bonds. The minimum Gasteiger partial charge on any atom is -0.381 e. The lowest BCUT2D eigenvalue weighted by Gasteiger charge is -2.42. The first kappa shape index (κ1) is 17.7. The van der Waals surface area contributed by atoms with E-state index in [1.165, 1.54) is 68.3 Å². The Morgan fingerprint density at radius 1 is 1.15 bits per heavy atom. The average Bonchev–Trinajstić information content (AvgIpc) is 3.26. The van der Waals surface area contributed by atoms with Crippen LogP contribution in [0.4, 0.5) is 0 Å². The lowest BCUT2D eigenvalue weighted by Crippen LogP contribution is -2.45. The van der Waals surface area contributed by atoms with E-state index in [0.717, 1.165) is 31.6 Å². The van der Waals surface area contributed by atoms with Gasteiger partial charge in [-0.3, -0.25) is 4.90 Å². The van der Waals surface area contributed by atoms with Crippen molar-refractivity contribution in [1.29, 1.82) is 0 Å². The second-order valence-corrected chi connectivity index (χ2v) is 9.37. The predicted octanol–water partition coefficient (Wildman–Crippen LogP) is 3.74. The third kappa shape index (κ3) is 3.67. The zero-order valence-corrected chi connectivity index (χ0v) is 16.6. The van der Waals surface area contributed by atoms with Gasteiger partial charge >= 0.3 is 0 Å². The summed E-state index contributed by atoms with van der Waals surface area (Å²) in [7, 11) is 2.29. The second kappa shape index (κ2) is 7.23. The molecule has 2 saturated heterocycles. The van der Waals surface area contributed by atoms with E-state index < -0.39 is 0 Å². The van der Waals surface area contributed by atoms with Crippen LogP contribution in [0.5, 0.6) is 0 Å². The SMILES string of the molecule is CN1C[C@@H](COCC2CC2)C2(CCN(Cc3cccc4[nH]ccc34)CC2)C1. The fraction of sp³-hybridized carbons (Fsp3) is 0.652. The van der Waals surface area contributed by atoms with Crippen LogP contribution in [0, 0.1) is 17.3 Å². The van der Waals surface area contributed by atoms with Gasteiger partial charge in [-0.05, 0) is 74.8 Å². The van der Waals surface area contributed by atoms with Crippen LogP contribution in [0.3, 0.4) is 0 Å². The number of nitrogens with one attached hydrogen (secondary N) is 1. The van der Waals surface area contributed by atoms with E-state index in [1.54, 1.807) is 0 Å². The zero-order valence-electron chi connectivity index (χ0n) is 16.6. The summed E-state index contributed by atoms with van der Waals surface area (Å²) in [5.74, 6) is 1.59. The summed E-state index contributed by atoms with van der Waals surface area (Å²) in [6, 6.07) is 8.86. The Morgan fingerprint density at radius 3 is 2.81 bits per heavy atom. The third-order valence-electron chi connectivity index (χ3n) is 7.28. The van der Waals surface area contributed by atoms with Crippen LogP contribution in [0.2, 0.25) is 0 Å². The Hall–Kier alpha value is -1.36. The lowest BCUT2D eigenvalue weighted by molar-refractivity contribution is 0.0168. The van der Waals surface area contributed by atoms with E-state index in [9.17, 15) is 0 Å². The van der Waals surface area contributed by atoms with Crippen molar-refractivity contribution >= 4 is 10.9 Å². The van der Waals surface area contributed by atoms with Gasteiger partial charge in [-0.25, -0.2) is 0 Å². The van der Waals surface area contributed by atoms with Crippen LogP contribution in [0.1, 0.15) is 31.2 Å². The van der Waals surface area contributed by atoms with Crippen molar-refractivity contribution in [2.75, 3.05) is 46.4 Å². The highest BCUT2D eigenvalue weighted by Crippen LogP contribution is 2.45. The fourth-order valence-corrected chi connectivity index (χ4v) is 5.44. The second-order valence-electron chi connectivity index (χ2n) is 9.37. The Labute approximate surface area is 162 Å². The molecule has 27 heavy (non-hydrogen) atoms. The molecule has 4 heteroatoms. The summed E-state index contributed by atoms with van der Waals surface area (Å²) in [4.78, 5) is 8.54. The fourth-order valence-electron chi connectivity index (χ4n) is 5.44. The van der Waals surface area contributed by atoms with Crippen molar-refractivity contribution in [2.24, 2.45) is 17.3 Å². The van der Waals surface area contributed by atoms with Gasteiger partial charge in [0.2, 0.25) is 0 Å². The van der Waals surface area contributed by atoms with Gasteiger partial charge in [-0.15, -0.1) is 0 Å². The number of likely N-dealkylation sites (tertiary alicyclic amines) is 2. The van der Waals surface area contributed by atoms with Gasteiger partial charge in [0.1, 0.15) is 0 Å². The van der Waals surface area contributed by atoms with Crippen molar-refractivity contribution < 1.29 is 4.74 Å². The molecule has 1 N–H and O–H groups in total. The number of rotatable bonds is 6. The van der Waals surface area contributed by atoms with Gasteiger partial charge in [-0.2, -0.15) is 0 Å². The first-order valence-corrected chi connectivity index (χ1v) is 10.8. The highest BCUT2D eigenvalue weighted by Gasteiger charge is 2.47. The standard InChI is InChI=1S/C23H33N3O/c1-25-14-20(16-27-15-18-5-6-18)23(17-25)8-11-26(12-9-23)13-19-3-2-4-22-21(19)7-10-24-22/h2-4,7,10,18,20,24H,5-6,8-9,11-17H2,1H3/t20-/m0/s1. The maximum Gasteiger partial charge on any atom is 0.0512 e. The van der Waals surface area contributed by atoms with E-state index >= 15 is 0 Å². The summed E-state index contributed by atoms with van der Waals surface area (Å²) in [5, 5.41) is 1.38. The summed E-state index contributed by atoms with van der Waals surface area (Å²) < 4.78 is 6.14. The van der Waals surface area contributed by atoms with Crippen molar-refractivity contribution in [2.45, 2.75) is 32.2 Å². The number of aromatic amines is 1. The molecule has 4 nitrogen and oxygen atoms in total. The van der Waals surface area contributed by atoms with Crippen LogP contribution in [0.15, 0.2) is 30.5 Å². The van der Waals surface area contributed by atoms with E-state index in [-0.39, 0.29) is 0 Å². The molecule has 3 aliphatic rings. The first-order chi connectivity index (χ1) is 13.2. The molecular formula is C23H33N3O. The average molecular weight is 368 g/mol. The number of nitrogens with zero attached hydrogens (tertiary/aromatic N) is 2. The molecule has 3 fully saturated rings. The number of benzene rings is 1. The van der Waals surface area contributed by atoms with E-state index in [1.807, 2.05) is 0 Å². The summed E-state index contributed by atoms with van der Waals surface area (Å²) in [5.41, 5.74) is 3.19. The molecule has 1 saturated carbocycles. The highest BCUT2D eigenvalue weighted by atomic mass is 16.5. The quantitative estimate of drug-likeness (QED) is 0.844. The minimum absolute atomic E-state index is 0.481. The van der Waals surface area contributed by atoms with Gasteiger partial charge in [0.05, 0.1) is 6.61 Å². The molecule has 0 radical (unpaired) electrons. The van der Waals surface area contributed by atoms with Crippen LogP contribution in [-0.2, 0) is 11.3 Å². The first-order valence-electron chi connectivity index (χ1n) is 10.8. The van der Waals surface area contributed by atoms with Gasteiger partial charge in [-0.1, -0.05) is 12.1 Å². The molecule has 1 aliphatic carbocycles. The number of fused-ring (bicyclic) bond motifs is 1. The van der Waals surface area contributed by atoms with Gasteiger partial charge in [0, 0.05) is 49.3 Å². The Balaban J connectivity index is 1.21. The van der Waals surface area contributed by atoms with Crippen LogP contribution >= 0.6 is 0 Å². The van der Waals surface area contributed by atoms with Crippen molar-refractivity contribution in [3.63, 3.8) is 0 Å². The van der Waals surface area contributed by atoms with Crippen molar-refractivity contribution in [3.05, 3.63) is 36.0 Å². The smallest absolute Gasteiger partial charge is 0.0512 e. The molecule has 2 aromatic rings. The molecule has 0 unspecified atom stereocenters. The molecule has 5 rings (SSSR count). The van der Waals surface area contributed by atoms with Crippen LogP contribution in [-0.4, -0.2) is 61.2 Å². The molecule has 1 aromatic carbocycles. The number of hydrogen-bond donors (Lipinski definition) is 1. The maximum atomic E-state index is 6.14. The maximum absolute atomic E-state index is 6.14. The normalized spacial score (nSPS) is 26.3. The van der Waals surface area contributed by atoms with Crippen LogP contribution in [0.25, 0.3) is 10.9 Å². The Morgan fingerprint density at radius 2 is 2.00 bits per heavy atom.